The number of para-hydroxylation sites is 1. The normalized spacial score (nSPS) is 19.7. The van der Waals surface area contributed by atoms with Gasteiger partial charge < -0.3 is 18.6 Å². The second kappa shape index (κ2) is 14.3. The Morgan fingerprint density at radius 2 is 1.57 bits per heavy atom. The summed E-state index contributed by atoms with van der Waals surface area (Å²) in [6.45, 7) is 2.68. The van der Waals surface area contributed by atoms with Crippen molar-refractivity contribution in [3.8, 4) is 5.75 Å². The minimum atomic E-state index is -3.06. The van der Waals surface area contributed by atoms with Crippen LogP contribution in [0.4, 0.5) is 13.6 Å². The van der Waals surface area contributed by atoms with E-state index in [9.17, 15) is 13.6 Å². The number of aromatic nitrogens is 2. The highest BCUT2D eigenvalue weighted by molar-refractivity contribution is 5.91. The molecule has 0 saturated carbocycles. The lowest BCUT2D eigenvalue weighted by atomic mass is 9.68. The number of piperidine rings is 1. The van der Waals surface area contributed by atoms with Gasteiger partial charge in [0.2, 0.25) is 12.3 Å². The summed E-state index contributed by atoms with van der Waals surface area (Å²) in [6, 6.07) is 27.5. The van der Waals surface area contributed by atoms with E-state index in [0.717, 1.165) is 25.9 Å². The van der Waals surface area contributed by atoms with Crippen LogP contribution in [0.5, 0.6) is 5.75 Å². The summed E-state index contributed by atoms with van der Waals surface area (Å²) in [5.41, 5.74) is 3.83. The third-order valence-corrected chi connectivity index (χ3v) is 9.06. The Labute approximate surface area is 271 Å². The fourth-order valence-corrected chi connectivity index (χ4v) is 6.84. The molecule has 0 N–H and O–H groups in total. The van der Waals surface area contributed by atoms with Crippen LogP contribution in [0.1, 0.15) is 61.1 Å². The Balaban J connectivity index is 1.14. The van der Waals surface area contributed by atoms with Crippen molar-refractivity contribution in [1.82, 2.24) is 15.1 Å². The van der Waals surface area contributed by atoms with E-state index < -0.39 is 24.6 Å². The van der Waals surface area contributed by atoms with Crippen LogP contribution in [-0.4, -0.2) is 59.8 Å². The third kappa shape index (κ3) is 6.95. The van der Waals surface area contributed by atoms with Crippen LogP contribution in [0.2, 0.25) is 0 Å². The number of likely N-dealkylation sites (tertiary alicyclic amines) is 1. The molecule has 3 heterocycles. The molecule has 3 aromatic carbocycles. The summed E-state index contributed by atoms with van der Waals surface area (Å²) < 4.78 is 48.5. The molecule has 2 unspecified atom stereocenters. The second-order valence-electron chi connectivity index (χ2n) is 11.7. The smallest absolute Gasteiger partial charge is 0.435 e. The van der Waals surface area contributed by atoms with Crippen LogP contribution in [-0.2, 0) is 14.9 Å². The highest BCUT2D eigenvalue weighted by Gasteiger charge is 2.42. The zero-order valence-corrected chi connectivity index (χ0v) is 26.2. The molecule has 0 bridgehead atoms. The number of alkyl halides is 2. The van der Waals surface area contributed by atoms with Gasteiger partial charge in [-0.3, -0.25) is 9.89 Å². The number of allylic oxidation sites excluding steroid dienone is 2. The summed E-state index contributed by atoms with van der Waals surface area (Å²) in [4.78, 5) is 20.0. The summed E-state index contributed by atoms with van der Waals surface area (Å²) in [7, 11) is 0. The first-order chi connectivity index (χ1) is 22.9. The zero-order valence-electron chi connectivity index (χ0n) is 26.2. The molecule has 1 saturated heterocycles. The van der Waals surface area contributed by atoms with Gasteiger partial charge in [-0.05, 0) is 57.0 Å². The summed E-state index contributed by atoms with van der Waals surface area (Å²) in [5.74, 6) is -1.28. The van der Waals surface area contributed by atoms with Gasteiger partial charge in [0.25, 0.3) is 0 Å². The highest BCUT2D eigenvalue weighted by Crippen LogP contribution is 2.47. The monoisotopic (exact) mass is 642 g/mol. The Bertz CT molecular complexity index is 1660. The van der Waals surface area contributed by atoms with Gasteiger partial charge in [0.1, 0.15) is 18.1 Å². The maximum atomic E-state index is 13.4. The SMILES string of the molecule is CC1=NC(C)=C(OC(=O)OCCN2CCC(c3ccccc3)(c3ccccc3)CC2)C(c2ccccc2OC(F)F)C1c1nnco1. The molecule has 2 aliphatic rings. The van der Waals surface area contributed by atoms with Crippen LogP contribution in [0.3, 0.4) is 0 Å². The topological polar surface area (TPSA) is 99.3 Å². The van der Waals surface area contributed by atoms with Gasteiger partial charge in [-0.2, -0.15) is 8.78 Å². The Hall–Kier alpha value is -4.90. The van der Waals surface area contributed by atoms with Gasteiger partial charge in [0, 0.05) is 23.2 Å². The van der Waals surface area contributed by atoms with E-state index in [1.807, 2.05) is 12.1 Å². The van der Waals surface area contributed by atoms with E-state index >= 15 is 0 Å². The Morgan fingerprint density at radius 3 is 2.19 bits per heavy atom. The van der Waals surface area contributed by atoms with E-state index in [1.54, 1.807) is 32.0 Å². The van der Waals surface area contributed by atoms with E-state index in [-0.39, 0.29) is 29.4 Å². The first kappa shape index (κ1) is 32.1. The fraction of sp³-hybridized carbons (Fsp3) is 0.333. The van der Waals surface area contributed by atoms with Crippen molar-refractivity contribution in [2.24, 2.45) is 4.99 Å². The molecule has 0 spiro atoms. The molecule has 0 aliphatic carbocycles. The molecule has 2 aliphatic heterocycles. The first-order valence-electron chi connectivity index (χ1n) is 15.6. The molecule has 1 aromatic heterocycles. The van der Waals surface area contributed by atoms with Gasteiger partial charge in [0.15, 0.2) is 0 Å². The molecular weight excluding hydrogens is 606 g/mol. The number of hydrogen-bond acceptors (Lipinski definition) is 9. The number of aliphatic imine (C=N–C) groups is 1. The Morgan fingerprint density at radius 1 is 0.936 bits per heavy atom. The number of benzene rings is 3. The van der Waals surface area contributed by atoms with Gasteiger partial charge >= 0.3 is 12.8 Å². The maximum Gasteiger partial charge on any atom is 0.513 e. The lowest BCUT2D eigenvalue weighted by Gasteiger charge is -2.43. The van der Waals surface area contributed by atoms with Gasteiger partial charge in [-0.25, -0.2) is 4.79 Å². The van der Waals surface area contributed by atoms with Crippen molar-refractivity contribution in [3.05, 3.63) is 125 Å². The van der Waals surface area contributed by atoms with Crippen LogP contribution < -0.4 is 4.74 Å². The average molecular weight is 643 g/mol. The second-order valence-corrected chi connectivity index (χ2v) is 11.7. The predicted octanol–water partition coefficient (Wildman–Crippen LogP) is 7.48. The molecular formula is C36H36F2N4O5. The molecule has 0 radical (unpaired) electrons. The largest absolute Gasteiger partial charge is 0.513 e. The fourth-order valence-electron chi connectivity index (χ4n) is 6.84. The van der Waals surface area contributed by atoms with Crippen molar-refractivity contribution in [2.45, 2.75) is 50.6 Å². The quantitative estimate of drug-likeness (QED) is 0.164. The van der Waals surface area contributed by atoms with Gasteiger partial charge in [-0.1, -0.05) is 78.9 Å². The van der Waals surface area contributed by atoms with Crippen LogP contribution in [0, 0.1) is 0 Å². The minimum absolute atomic E-state index is 0.0684. The molecule has 11 heteroatoms. The van der Waals surface area contributed by atoms with E-state index in [0.29, 0.717) is 23.5 Å². The zero-order chi connectivity index (χ0) is 32.8. The maximum absolute atomic E-state index is 13.4. The standard InChI is InChI=1S/C36H36F2N4O5/c1-24-30(33-41-39-23-45-33)31(28-15-9-10-16-29(28)46-34(37)38)32(25(2)40-24)47-35(43)44-22-21-42-19-17-36(18-20-42,26-11-5-3-6-12-26)27-13-7-4-8-14-27/h3-16,23,30-31,34H,17-22H2,1-2H3. The molecule has 9 nitrogen and oxygen atoms in total. The highest BCUT2D eigenvalue weighted by atomic mass is 19.3. The molecule has 0 amide bonds. The van der Waals surface area contributed by atoms with Crippen molar-refractivity contribution in [3.63, 3.8) is 0 Å². The first-order valence-corrected chi connectivity index (χ1v) is 15.6. The van der Waals surface area contributed by atoms with E-state index in [1.165, 1.54) is 23.6 Å². The number of rotatable bonds is 10. The predicted molar refractivity (Wildman–Crippen MR) is 170 cm³/mol. The van der Waals surface area contributed by atoms with Crippen LogP contribution >= 0.6 is 0 Å². The van der Waals surface area contributed by atoms with Crippen molar-refractivity contribution in [2.75, 3.05) is 26.2 Å². The van der Waals surface area contributed by atoms with Gasteiger partial charge in [-0.15, -0.1) is 10.2 Å². The average Bonchev–Trinajstić information content (AvgIpc) is 3.62. The van der Waals surface area contributed by atoms with Crippen molar-refractivity contribution in [1.29, 1.82) is 0 Å². The molecule has 4 aromatic rings. The minimum Gasteiger partial charge on any atom is -0.435 e. The Kier molecular flexibility index (Phi) is 9.72. The molecule has 6 rings (SSSR count). The van der Waals surface area contributed by atoms with Crippen molar-refractivity contribution < 1.29 is 32.2 Å². The summed E-state index contributed by atoms with van der Waals surface area (Å²) >= 11 is 0. The number of nitrogens with zero attached hydrogens (tertiary/aromatic N) is 4. The number of carbonyl (C=O) groups excluding carboxylic acids is 1. The van der Waals surface area contributed by atoms with Gasteiger partial charge in [0.05, 0.1) is 17.5 Å². The lowest BCUT2D eigenvalue weighted by molar-refractivity contribution is -0.0507. The lowest BCUT2D eigenvalue weighted by Crippen LogP contribution is -2.44. The number of ether oxygens (including phenoxy) is 3. The molecule has 2 atom stereocenters. The molecule has 1 fully saturated rings. The van der Waals surface area contributed by atoms with Crippen molar-refractivity contribution >= 4 is 11.9 Å². The van der Waals surface area contributed by atoms with Crippen LogP contribution in [0.15, 0.2) is 112 Å². The number of carbonyl (C=O) groups is 1. The summed E-state index contributed by atoms with van der Waals surface area (Å²) in [6.07, 6.45) is 2.10. The molecule has 47 heavy (non-hydrogen) atoms. The van der Waals surface area contributed by atoms with E-state index in [2.05, 4.69) is 68.6 Å². The molecule has 244 valence electrons. The number of hydrogen-bond donors (Lipinski definition) is 0. The van der Waals surface area contributed by atoms with Crippen LogP contribution in [0.25, 0.3) is 0 Å². The third-order valence-electron chi connectivity index (χ3n) is 9.06. The number of halogens is 2. The summed E-state index contributed by atoms with van der Waals surface area (Å²) in [5, 5.41) is 7.85. The van der Waals surface area contributed by atoms with E-state index in [4.69, 9.17) is 18.6 Å².